The second-order valence-electron chi connectivity index (χ2n) is 12.4. The Kier molecular flexibility index (Phi) is 8.46. The van der Waals surface area contributed by atoms with Gasteiger partial charge < -0.3 is 18.6 Å². The number of nitrogens with one attached hydrogen (secondary N) is 1. The van der Waals surface area contributed by atoms with Crippen LogP contribution in [0.25, 0.3) is 0 Å². The normalized spacial score (nSPS) is 24.5. The van der Waals surface area contributed by atoms with Gasteiger partial charge in [0.05, 0.1) is 12.9 Å². The molecular formula is C30H38N2O9SSi. The lowest BCUT2D eigenvalue weighted by Crippen LogP contribution is -2.67. The fraction of sp³-hybridized carbons (Fsp3) is 0.467. The molecule has 11 nitrogen and oxygen atoms in total. The van der Waals surface area contributed by atoms with E-state index in [-0.39, 0.29) is 11.6 Å². The number of rotatable bonds is 9. The van der Waals surface area contributed by atoms with Gasteiger partial charge in [-0.1, -0.05) is 81.4 Å². The predicted octanol–water partition coefficient (Wildman–Crippen LogP) is 1.88. The van der Waals surface area contributed by atoms with Crippen molar-refractivity contribution in [2.75, 3.05) is 12.9 Å². The first-order chi connectivity index (χ1) is 20.1. The van der Waals surface area contributed by atoms with Crippen molar-refractivity contribution in [1.82, 2.24) is 9.55 Å². The van der Waals surface area contributed by atoms with Crippen LogP contribution in [0.2, 0.25) is 5.04 Å². The minimum absolute atomic E-state index is 0.161. The Bertz CT molecular complexity index is 1610. The molecule has 2 aliphatic heterocycles. The number of ether oxygens (including phenoxy) is 3. The van der Waals surface area contributed by atoms with Gasteiger partial charge in [0.1, 0.15) is 24.4 Å². The number of H-pyrrole nitrogens is 1. The van der Waals surface area contributed by atoms with Crippen molar-refractivity contribution in [3.63, 3.8) is 0 Å². The third kappa shape index (κ3) is 6.34. The van der Waals surface area contributed by atoms with E-state index >= 15 is 0 Å². The molecule has 3 heterocycles. The maximum Gasteiger partial charge on any atom is 0.330 e. The number of aromatic nitrogens is 2. The monoisotopic (exact) mass is 630 g/mol. The van der Waals surface area contributed by atoms with Crippen LogP contribution in [0.15, 0.2) is 82.5 Å². The molecule has 2 aromatic carbocycles. The smallest absolute Gasteiger partial charge is 0.330 e. The fourth-order valence-corrected chi connectivity index (χ4v) is 11.3. The molecule has 0 spiro atoms. The topological polar surface area (TPSA) is 135 Å². The first-order valence-corrected chi connectivity index (χ1v) is 17.8. The summed E-state index contributed by atoms with van der Waals surface area (Å²) >= 11 is 0. The van der Waals surface area contributed by atoms with E-state index in [1.165, 1.54) is 16.8 Å². The van der Waals surface area contributed by atoms with Crippen molar-refractivity contribution >= 4 is 28.8 Å². The molecule has 5 rings (SSSR count). The van der Waals surface area contributed by atoms with Crippen LogP contribution in [-0.2, 0) is 32.9 Å². The molecule has 13 heteroatoms. The van der Waals surface area contributed by atoms with Gasteiger partial charge in [-0.3, -0.25) is 18.5 Å². The van der Waals surface area contributed by atoms with Crippen LogP contribution in [0, 0.1) is 0 Å². The molecule has 0 unspecified atom stereocenters. The van der Waals surface area contributed by atoms with Crippen LogP contribution < -0.4 is 21.6 Å². The largest absolute Gasteiger partial charge is 0.405 e. The second kappa shape index (κ2) is 11.5. The Morgan fingerprint density at radius 3 is 2.02 bits per heavy atom. The molecule has 2 fully saturated rings. The minimum atomic E-state index is -4.00. The van der Waals surface area contributed by atoms with E-state index in [9.17, 15) is 18.0 Å². The number of fused-ring (bicyclic) bond motifs is 1. The van der Waals surface area contributed by atoms with Crippen LogP contribution in [0.1, 0.15) is 40.8 Å². The van der Waals surface area contributed by atoms with Gasteiger partial charge in [-0.2, -0.15) is 8.42 Å². The van der Waals surface area contributed by atoms with E-state index in [4.69, 9.17) is 22.8 Å². The van der Waals surface area contributed by atoms with Crippen LogP contribution in [0.3, 0.4) is 0 Å². The van der Waals surface area contributed by atoms with Crippen molar-refractivity contribution in [3.05, 3.63) is 93.8 Å². The predicted molar refractivity (Wildman–Crippen MR) is 162 cm³/mol. The molecule has 1 aromatic heterocycles. The molecule has 0 bridgehead atoms. The van der Waals surface area contributed by atoms with Gasteiger partial charge in [0.2, 0.25) is 0 Å². The average molecular weight is 631 g/mol. The molecule has 3 aromatic rings. The van der Waals surface area contributed by atoms with E-state index in [1.54, 1.807) is 13.8 Å². The Morgan fingerprint density at radius 1 is 0.953 bits per heavy atom. The summed E-state index contributed by atoms with van der Waals surface area (Å²) in [6, 6.07) is 21.1. The van der Waals surface area contributed by atoms with Gasteiger partial charge in [-0.05, 0) is 29.3 Å². The highest BCUT2D eigenvalue weighted by Gasteiger charge is 2.59. The Labute approximate surface area is 252 Å². The summed E-state index contributed by atoms with van der Waals surface area (Å²) < 4.78 is 57.8. The van der Waals surface area contributed by atoms with Gasteiger partial charge in [-0.15, -0.1) is 0 Å². The number of aromatic amines is 1. The Morgan fingerprint density at radius 2 is 1.51 bits per heavy atom. The van der Waals surface area contributed by atoms with E-state index in [0.29, 0.717) is 0 Å². The molecule has 1 N–H and O–H groups in total. The lowest BCUT2D eigenvalue weighted by atomic mass is 10.1. The summed E-state index contributed by atoms with van der Waals surface area (Å²) in [7, 11) is -7.10. The molecule has 0 radical (unpaired) electrons. The molecule has 2 saturated heterocycles. The summed E-state index contributed by atoms with van der Waals surface area (Å²) in [4.78, 5) is 26.7. The van der Waals surface area contributed by atoms with Gasteiger partial charge in [0.15, 0.2) is 12.0 Å². The first-order valence-electron chi connectivity index (χ1n) is 14.1. The summed E-state index contributed by atoms with van der Waals surface area (Å²) in [6.45, 7) is 9.63. The molecular weight excluding hydrogens is 592 g/mol. The number of nitrogens with zero attached hydrogens (tertiary/aromatic N) is 1. The third-order valence-corrected chi connectivity index (χ3v) is 13.3. The van der Waals surface area contributed by atoms with Crippen molar-refractivity contribution in [3.8, 4) is 0 Å². The maximum atomic E-state index is 12.7. The zero-order valence-corrected chi connectivity index (χ0v) is 26.9. The zero-order valence-electron chi connectivity index (χ0n) is 25.1. The molecule has 0 amide bonds. The fourth-order valence-electron chi connectivity index (χ4n) is 6.13. The van der Waals surface area contributed by atoms with Gasteiger partial charge in [0, 0.05) is 12.3 Å². The minimum Gasteiger partial charge on any atom is -0.405 e. The lowest BCUT2D eigenvalue weighted by molar-refractivity contribution is -0.207. The molecule has 0 aliphatic carbocycles. The van der Waals surface area contributed by atoms with Crippen molar-refractivity contribution < 1.29 is 31.2 Å². The maximum absolute atomic E-state index is 12.7. The number of hydrogen-bond acceptors (Lipinski definition) is 9. The number of hydrogen-bond donors (Lipinski definition) is 1. The Hall–Kier alpha value is -2.91. The summed E-state index contributed by atoms with van der Waals surface area (Å²) in [5, 5.41) is 1.64. The lowest BCUT2D eigenvalue weighted by Gasteiger charge is -2.44. The van der Waals surface area contributed by atoms with Crippen molar-refractivity contribution in [2.45, 2.75) is 76.1 Å². The SMILES string of the molecule is CC1(C)O[C@H]2[C@@H](O1)[C@H](n1ccc(=O)[nH]c1=O)O[C@@H]2[C@@H](CO[Si](c1ccccc1)(c1ccccc1)C(C)(C)C)OS(C)(=O)=O. The second-order valence-corrected chi connectivity index (χ2v) is 18.3. The molecule has 2 aliphatic rings. The molecule has 5 atom stereocenters. The van der Waals surface area contributed by atoms with Crippen molar-refractivity contribution in [1.29, 1.82) is 0 Å². The van der Waals surface area contributed by atoms with Crippen LogP contribution >= 0.6 is 0 Å². The van der Waals surface area contributed by atoms with Gasteiger partial charge in [0.25, 0.3) is 24.0 Å². The highest BCUT2D eigenvalue weighted by molar-refractivity contribution is 7.86. The summed E-state index contributed by atoms with van der Waals surface area (Å²) in [5.41, 5.74) is -1.26. The van der Waals surface area contributed by atoms with Crippen LogP contribution in [-0.4, -0.2) is 69.4 Å². The standard InChI is InChI=1S/C30H38N2O9SSi/c1-29(2,3)43(20-13-9-7-10-14-20,21-15-11-8-12-16-21)37-19-22(41-42(6,35)36)24-25-26(40-30(4,5)39-25)27(38-24)32-18-17-23(33)31-28(32)34/h7-18,22,24-27H,19H2,1-6H3,(H,31,33,34)/t22-,24-,25-,26-,27-/m1/s1. The van der Waals surface area contributed by atoms with Crippen LogP contribution in [0.4, 0.5) is 0 Å². The van der Waals surface area contributed by atoms with Crippen LogP contribution in [0.5, 0.6) is 0 Å². The van der Waals surface area contributed by atoms with Gasteiger partial charge in [-0.25, -0.2) is 4.79 Å². The average Bonchev–Trinajstić information content (AvgIpc) is 3.41. The molecule has 232 valence electrons. The molecule has 0 saturated carbocycles. The van der Waals surface area contributed by atoms with Gasteiger partial charge >= 0.3 is 5.69 Å². The quantitative estimate of drug-likeness (QED) is 0.278. The third-order valence-electron chi connectivity index (χ3n) is 7.74. The van der Waals surface area contributed by atoms with E-state index in [2.05, 4.69) is 25.8 Å². The summed E-state index contributed by atoms with van der Waals surface area (Å²) in [6.07, 6.45) is -2.54. The van der Waals surface area contributed by atoms with E-state index in [1.807, 2.05) is 60.7 Å². The van der Waals surface area contributed by atoms with E-state index in [0.717, 1.165) is 16.6 Å². The van der Waals surface area contributed by atoms with E-state index < -0.39 is 66.1 Å². The highest BCUT2D eigenvalue weighted by atomic mass is 32.2. The first kappa shape index (κ1) is 31.5. The highest BCUT2D eigenvalue weighted by Crippen LogP contribution is 2.45. The molecule has 43 heavy (non-hydrogen) atoms. The zero-order chi connectivity index (χ0) is 31.2. The Balaban J connectivity index is 1.58. The van der Waals surface area contributed by atoms with Crippen molar-refractivity contribution in [2.24, 2.45) is 0 Å². The summed E-state index contributed by atoms with van der Waals surface area (Å²) in [5.74, 6) is -1.06. The number of benzene rings is 2.